The molecule has 1 aromatic carbocycles. The van der Waals surface area contributed by atoms with E-state index in [1.807, 2.05) is 0 Å². The third-order valence-corrected chi connectivity index (χ3v) is 5.56. The molecule has 1 saturated heterocycles. The molecule has 0 unspecified atom stereocenters. The lowest BCUT2D eigenvalue weighted by Crippen LogP contribution is -2.60. The molecule has 0 atom stereocenters. The van der Waals surface area contributed by atoms with Crippen molar-refractivity contribution < 1.29 is 23.6 Å². The number of amides is 1. The van der Waals surface area contributed by atoms with E-state index in [1.165, 1.54) is 6.42 Å². The van der Waals surface area contributed by atoms with Crippen LogP contribution in [0.4, 0.5) is 10.1 Å². The summed E-state index contributed by atoms with van der Waals surface area (Å²) in [6.07, 6.45) is 5.48. The highest BCUT2D eigenvalue weighted by molar-refractivity contribution is 5.77. The van der Waals surface area contributed by atoms with Crippen molar-refractivity contribution in [3.8, 4) is 5.75 Å². The number of nitrogens with one attached hydrogen (secondary N) is 1. The lowest BCUT2D eigenvalue weighted by molar-refractivity contribution is -0.385. The third-order valence-electron chi connectivity index (χ3n) is 5.56. The Kier molecular flexibility index (Phi) is 6.79. The summed E-state index contributed by atoms with van der Waals surface area (Å²) < 4.78 is 24.0. The molecule has 0 radical (unpaired) electrons. The molecule has 1 aromatic rings. The van der Waals surface area contributed by atoms with Crippen molar-refractivity contribution in [1.82, 2.24) is 10.2 Å². The van der Waals surface area contributed by atoms with Crippen LogP contribution in [0.3, 0.4) is 0 Å². The summed E-state index contributed by atoms with van der Waals surface area (Å²) in [6, 6.07) is 2.93. The molecule has 0 bridgehead atoms. The lowest BCUT2D eigenvalue weighted by Gasteiger charge is -2.48. The van der Waals surface area contributed by atoms with Crippen molar-refractivity contribution in [2.45, 2.75) is 37.6 Å². The Hall–Kier alpha value is -2.26. The zero-order valence-corrected chi connectivity index (χ0v) is 15.8. The quantitative estimate of drug-likeness (QED) is 0.562. The van der Waals surface area contributed by atoms with Crippen molar-refractivity contribution in [2.24, 2.45) is 0 Å². The van der Waals surface area contributed by atoms with Crippen LogP contribution >= 0.6 is 0 Å². The molecule has 1 aliphatic carbocycles. The number of hydrogen-bond acceptors (Lipinski definition) is 6. The Morgan fingerprint density at radius 1 is 1.29 bits per heavy atom. The summed E-state index contributed by atoms with van der Waals surface area (Å²) in [5, 5.41) is 13.9. The van der Waals surface area contributed by atoms with E-state index in [2.05, 4.69) is 10.2 Å². The van der Waals surface area contributed by atoms with Crippen molar-refractivity contribution in [2.75, 3.05) is 39.5 Å². The summed E-state index contributed by atoms with van der Waals surface area (Å²) in [5.74, 6) is -1.29. The minimum atomic E-state index is -0.665. The standard InChI is InChI=1S/C19H26FN3O5/c20-15-4-5-16(23(25)26)17(12-15)28-13-18(24)21-14-19(6-2-1-3-7-19)22-8-10-27-11-9-22/h4-5,12H,1-3,6-11,13-14H2,(H,21,24). The first-order chi connectivity index (χ1) is 13.5. The number of carbonyl (C=O) groups excluding carboxylic acids is 1. The molecule has 1 aliphatic heterocycles. The first-order valence-corrected chi connectivity index (χ1v) is 9.66. The van der Waals surface area contributed by atoms with Gasteiger partial charge in [0.05, 0.1) is 18.1 Å². The molecular formula is C19H26FN3O5. The average molecular weight is 395 g/mol. The monoisotopic (exact) mass is 395 g/mol. The second-order valence-electron chi connectivity index (χ2n) is 7.32. The van der Waals surface area contributed by atoms with Crippen LogP contribution in [0.5, 0.6) is 5.75 Å². The maximum Gasteiger partial charge on any atom is 0.311 e. The maximum atomic E-state index is 13.4. The molecule has 2 aliphatic rings. The SMILES string of the molecule is O=C(COc1cc(F)ccc1[N+](=O)[O-])NCC1(N2CCOCC2)CCCCC1. The molecule has 9 heteroatoms. The Balaban J connectivity index is 1.58. The molecule has 2 fully saturated rings. The summed E-state index contributed by atoms with van der Waals surface area (Å²) in [6.45, 7) is 3.19. The van der Waals surface area contributed by atoms with Crippen LogP contribution in [0.2, 0.25) is 0 Å². The Morgan fingerprint density at radius 2 is 2.00 bits per heavy atom. The second kappa shape index (κ2) is 9.29. The smallest absolute Gasteiger partial charge is 0.311 e. The summed E-state index contributed by atoms with van der Waals surface area (Å²) in [4.78, 5) is 25.1. The van der Waals surface area contributed by atoms with Gasteiger partial charge in [-0.2, -0.15) is 0 Å². The number of carbonyl (C=O) groups is 1. The third kappa shape index (κ3) is 4.96. The van der Waals surface area contributed by atoms with E-state index in [4.69, 9.17) is 9.47 Å². The Morgan fingerprint density at radius 3 is 2.68 bits per heavy atom. The largest absolute Gasteiger partial charge is 0.477 e. The molecule has 0 aromatic heterocycles. The summed E-state index contributed by atoms with van der Waals surface area (Å²) >= 11 is 0. The highest BCUT2D eigenvalue weighted by Gasteiger charge is 2.38. The Labute approximate surface area is 163 Å². The van der Waals surface area contributed by atoms with E-state index in [0.717, 1.165) is 57.0 Å². The van der Waals surface area contributed by atoms with Crippen molar-refractivity contribution >= 4 is 11.6 Å². The number of nitro benzene ring substituents is 1. The van der Waals surface area contributed by atoms with E-state index >= 15 is 0 Å². The second-order valence-corrected chi connectivity index (χ2v) is 7.32. The van der Waals surface area contributed by atoms with Gasteiger partial charge < -0.3 is 14.8 Å². The normalized spacial score (nSPS) is 19.8. The number of halogens is 1. The van der Waals surface area contributed by atoms with Crippen LogP contribution in [-0.4, -0.2) is 60.7 Å². The fraction of sp³-hybridized carbons (Fsp3) is 0.632. The van der Waals surface area contributed by atoms with Gasteiger partial charge in [0.25, 0.3) is 5.91 Å². The van der Waals surface area contributed by atoms with Gasteiger partial charge in [-0.15, -0.1) is 0 Å². The predicted molar refractivity (Wildman–Crippen MR) is 99.8 cm³/mol. The van der Waals surface area contributed by atoms with Gasteiger partial charge in [0.2, 0.25) is 5.75 Å². The molecular weight excluding hydrogens is 369 g/mol. The van der Waals surface area contributed by atoms with Gasteiger partial charge in [0.1, 0.15) is 5.82 Å². The lowest BCUT2D eigenvalue weighted by atomic mass is 9.79. The van der Waals surface area contributed by atoms with E-state index in [-0.39, 0.29) is 22.9 Å². The number of morpholine rings is 1. The van der Waals surface area contributed by atoms with Crippen LogP contribution in [0.1, 0.15) is 32.1 Å². The summed E-state index contributed by atoms with van der Waals surface area (Å²) in [5.41, 5.74) is -0.450. The average Bonchev–Trinajstić information content (AvgIpc) is 2.72. The zero-order valence-electron chi connectivity index (χ0n) is 15.8. The molecule has 1 heterocycles. The van der Waals surface area contributed by atoms with E-state index in [0.29, 0.717) is 19.8 Å². The number of benzene rings is 1. The minimum absolute atomic E-state index is 0.0808. The van der Waals surface area contributed by atoms with Gasteiger partial charge in [-0.25, -0.2) is 4.39 Å². The zero-order chi connectivity index (χ0) is 20.0. The molecule has 28 heavy (non-hydrogen) atoms. The van der Waals surface area contributed by atoms with Gasteiger partial charge in [0, 0.05) is 37.3 Å². The maximum absolute atomic E-state index is 13.4. The van der Waals surface area contributed by atoms with Gasteiger partial charge >= 0.3 is 5.69 Å². The number of nitrogens with zero attached hydrogens (tertiary/aromatic N) is 2. The summed E-state index contributed by atoms with van der Waals surface area (Å²) in [7, 11) is 0. The molecule has 1 amide bonds. The van der Waals surface area contributed by atoms with Gasteiger partial charge in [-0.3, -0.25) is 19.8 Å². The molecule has 3 rings (SSSR count). The number of nitro groups is 1. The van der Waals surface area contributed by atoms with Crippen LogP contribution in [-0.2, 0) is 9.53 Å². The number of rotatable bonds is 7. The van der Waals surface area contributed by atoms with Crippen LogP contribution in [0, 0.1) is 15.9 Å². The molecule has 0 spiro atoms. The minimum Gasteiger partial charge on any atom is -0.477 e. The fourth-order valence-electron chi connectivity index (χ4n) is 4.06. The van der Waals surface area contributed by atoms with Crippen LogP contribution in [0.15, 0.2) is 18.2 Å². The van der Waals surface area contributed by atoms with Gasteiger partial charge in [-0.05, 0) is 18.9 Å². The first-order valence-electron chi connectivity index (χ1n) is 9.66. The van der Waals surface area contributed by atoms with Crippen molar-refractivity contribution in [1.29, 1.82) is 0 Å². The van der Waals surface area contributed by atoms with E-state index in [9.17, 15) is 19.3 Å². The first kappa shape index (κ1) is 20.5. The topological polar surface area (TPSA) is 93.9 Å². The Bertz CT molecular complexity index is 703. The molecule has 1 saturated carbocycles. The molecule has 8 nitrogen and oxygen atoms in total. The van der Waals surface area contributed by atoms with Crippen LogP contribution < -0.4 is 10.1 Å². The fourth-order valence-corrected chi connectivity index (χ4v) is 4.06. The van der Waals surface area contributed by atoms with Crippen molar-refractivity contribution in [3.63, 3.8) is 0 Å². The highest BCUT2D eigenvalue weighted by atomic mass is 19.1. The van der Waals surface area contributed by atoms with E-state index in [1.54, 1.807) is 0 Å². The van der Waals surface area contributed by atoms with Crippen LogP contribution in [0.25, 0.3) is 0 Å². The molecule has 154 valence electrons. The van der Waals surface area contributed by atoms with Gasteiger partial charge in [0.15, 0.2) is 6.61 Å². The predicted octanol–water partition coefficient (Wildman–Crippen LogP) is 2.26. The van der Waals surface area contributed by atoms with Crippen molar-refractivity contribution in [3.05, 3.63) is 34.1 Å². The van der Waals surface area contributed by atoms with E-state index < -0.39 is 17.3 Å². The van der Waals surface area contributed by atoms with Gasteiger partial charge in [-0.1, -0.05) is 19.3 Å². The molecule has 1 N–H and O–H groups in total. The highest BCUT2D eigenvalue weighted by Crippen LogP contribution is 2.34. The number of hydrogen-bond donors (Lipinski definition) is 1. The number of ether oxygens (including phenoxy) is 2.